The molecule has 184 valence electrons. The summed E-state index contributed by atoms with van der Waals surface area (Å²) in [4.78, 5) is 48.5. The van der Waals surface area contributed by atoms with Crippen LogP contribution < -0.4 is 4.74 Å². The lowest BCUT2D eigenvalue weighted by Crippen LogP contribution is -2.31. The molecule has 0 aromatic heterocycles. The van der Waals surface area contributed by atoms with Gasteiger partial charge in [-0.2, -0.15) is 5.26 Å². The largest absolute Gasteiger partial charge is 0.514 e. The number of nitriles is 1. The van der Waals surface area contributed by atoms with Crippen molar-refractivity contribution in [2.24, 2.45) is 0 Å². The molecule has 0 radical (unpaired) electrons. The maximum Gasteiger partial charge on any atom is 0.514 e. The number of amides is 1. The Labute approximate surface area is 196 Å². The molecule has 0 heterocycles. The van der Waals surface area contributed by atoms with Crippen molar-refractivity contribution in [3.05, 3.63) is 33.4 Å². The van der Waals surface area contributed by atoms with Gasteiger partial charge < -0.3 is 24.2 Å². The average molecular weight is 477 g/mol. The first-order valence-electron chi connectivity index (χ1n) is 10.6. The van der Waals surface area contributed by atoms with Gasteiger partial charge in [0.25, 0.3) is 5.91 Å². The molecule has 34 heavy (non-hydrogen) atoms. The highest BCUT2D eigenvalue weighted by atomic mass is 16.7. The van der Waals surface area contributed by atoms with Gasteiger partial charge in [0.2, 0.25) is 11.9 Å². The molecule has 0 saturated carbocycles. The standard InChI is InChI=1S/C22H27N3O9/c1-5-9-17(21(28)32-8-4)33-22(29)34-18-12-14(11-16(19(18)26)25(30)31)10-15(13-23)20(27)24(6-2)7-3/h10-12,17,26H,5-9H2,1-4H3. The van der Waals surface area contributed by atoms with E-state index in [4.69, 9.17) is 14.2 Å². The van der Waals surface area contributed by atoms with Crippen molar-refractivity contribution >= 4 is 29.8 Å². The number of hydrogen-bond acceptors (Lipinski definition) is 10. The van der Waals surface area contributed by atoms with Gasteiger partial charge in [-0.15, -0.1) is 0 Å². The van der Waals surface area contributed by atoms with Crippen LogP contribution in [0.15, 0.2) is 17.7 Å². The molecule has 1 amide bonds. The normalized spacial score (nSPS) is 11.7. The van der Waals surface area contributed by atoms with Crippen molar-refractivity contribution in [1.29, 1.82) is 5.26 Å². The molecule has 0 bridgehead atoms. The van der Waals surface area contributed by atoms with Gasteiger partial charge in [-0.25, -0.2) is 9.59 Å². The van der Waals surface area contributed by atoms with Crippen LogP contribution in [0, 0.1) is 21.4 Å². The Morgan fingerprint density at radius 2 is 1.88 bits per heavy atom. The molecule has 0 spiro atoms. The number of phenolic OH excluding ortho intramolecular Hbond substituents is 1. The SMILES string of the molecule is CCCC(OC(=O)Oc1cc(C=C(C#N)C(=O)N(CC)CC)cc([N+](=O)[O-])c1O)C(=O)OCC. The third-order valence-corrected chi connectivity index (χ3v) is 4.52. The van der Waals surface area contributed by atoms with E-state index in [9.17, 15) is 34.9 Å². The number of ether oxygens (including phenoxy) is 3. The summed E-state index contributed by atoms with van der Waals surface area (Å²) in [5, 5.41) is 31.0. The number of nitro benzene ring substituents is 1. The van der Waals surface area contributed by atoms with Gasteiger partial charge in [0.1, 0.15) is 11.6 Å². The zero-order chi connectivity index (χ0) is 25.8. The topological polar surface area (TPSA) is 169 Å². The molecule has 1 unspecified atom stereocenters. The van der Waals surface area contributed by atoms with E-state index in [0.29, 0.717) is 19.5 Å². The van der Waals surface area contributed by atoms with Crippen molar-refractivity contribution in [3.63, 3.8) is 0 Å². The van der Waals surface area contributed by atoms with Crippen molar-refractivity contribution in [2.75, 3.05) is 19.7 Å². The van der Waals surface area contributed by atoms with Gasteiger partial charge in [-0.05, 0) is 44.9 Å². The lowest BCUT2D eigenvalue weighted by atomic mass is 10.1. The summed E-state index contributed by atoms with van der Waals surface area (Å²) in [5.74, 6) is -3.02. The summed E-state index contributed by atoms with van der Waals surface area (Å²) in [6.07, 6.45) is -0.983. The number of likely N-dealkylation sites (N-methyl/N-ethyl adjacent to an activating group) is 1. The molecule has 0 fully saturated rings. The van der Waals surface area contributed by atoms with E-state index in [2.05, 4.69) is 0 Å². The maximum atomic E-state index is 12.5. The molecule has 1 atom stereocenters. The van der Waals surface area contributed by atoms with Crippen molar-refractivity contribution in [2.45, 2.75) is 46.6 Å². The second-order valence-electron chi connectivity index (χ2n) is 6.79. The first-order valence-corrected chi connectivity index (χ1v) is 10.6. The van der Waals surface area contributed by atoms with Gasteiger partial charge in [0.15, 0.2) is 5.75 Å². The van der Waals surface area contributed by atoms with Crippen molar-refractivity contribution in [1.82, 2.24) is 4.90 Å². The minimum absolute atomic E-state index is 0.0557. The van der Waals surface area contributed by atoms with Gasteiger partial charge in [0, 0.05) is 19.2 Å². The van der Waals surface area contributed by atoms with E-state index in [0.717, 1.165) is 18.2 Å². The van der Waals surface area contributed by atoms with Gasteiger partial charge >= 0.3 is 17.8 Å². The van der Waals surface area contributed by atoms with E-state index in [1.807, 2.05) is 0 Å². The Morgan fingerprint density at radius 1 is 1.24 bits per heavy atom. The minimum atomic E-state index is -1.41. The summed E-state index contributed by atoms with van der Waals surface area (Å²) in [5.41, 5.74) is -1.21. The molecule has 1 N–H and O–H groups in total. The highest BCUT2D eigenvalue weighted by Crippen LogP contribution is 2.38. The summed E-state index contributed by atoms with van der Waals surface area (Å²) in [7, 11) is 0. The van der Waals surface area contributed by atoms with E-state index in [-0.39, 0.29) is 24.2 Å². The average Bonchev–Trinajstić information content (AvgIpc) is 2.79. The molecule has 12 nitrogen and oxygen atoms in total. The number of carbonyl (C=O) groups excluding carboxylic acids is 3. The maximum absolute atomic E-state index is 12.5. The second-order valence-corrected chi connectivity index (χ2v) is 6.79. The Bertz CT molecular complexity index is 994. The lowest BCUT2D eigenvalue weighted by molar-refractivity contribution is -0.385. The van der Waals surface area contributed by atoms with E-state index >= 15 is 0 Å². The fourth-order valence-electron chi connectivity index (χ4n) is 2.86. The Morgan fingerprint density at radius 3 is 2.38 bits per heavy atom. The van der Waals surface area contributed by atoms with Crippen LogP contribution in [-0.2, 0) is 19.1 Å². The first kappa shape index (κ1) is 27.9. The van der Waals surface area contributed by atoms with Crippen molar-refractivity contribution < 1.29 is 38.6 Å². The third kappa shape index (κ3) is 7.47. The molecular weight excluding hydrogens is 450 g/mol. The summed E-state index contributed by atoms with van der Waals surface area (Å²) >= 11 is 0. The molecular formula is C22H27N3O9. The number of nitro groups is 1. The monoisotopic (exact) mass is 477 g/mol. The summed E-state index contributed by atoms with van der Waals surface area (Å²) in [6, 6.07) is 3.68. The third-order valence-electron chi connectivity index (χ3n) is 4.52. The van der Waals surface area contributed by atoms with E-state index in [1.54, 1.807) is 33.8 Å². The van der Waals surface area contributed by atoms with Gasteiger partial charge in [0.05, 0.1) is 11.5 Å². The van der Waals surface area contributed by atoms with Crippen LogP contribution in [0.1, 0.15) is 46.1 Å². The fraction of sp³-hybridized carbons (Fsp3) is 0.455. The van der Waals surface area contributed by atoms with Crippen LogP contribution in [0.2, 0.25) is 0 Å². The lowest BCUT2D eigenvalue weighted by Gasteiger charge is -2.17. The Balaban J connectivity index is 3.34. The number of hydrogen-bond donors (Lipinski definition) is 1. The van der Waals surface area contributed by atoms with Crippen LogP contribution in [0.4, 0.5) is 10.5 Å². The highest BCUT2D eigenvalue weighted by molar-refractivity contribution is 6.01. The summed E-state index contributed by atoms with van der Waals surface area (Å²) < 4.78 is 14.7. The zero-order valence-corrected chi connectivity index (χ0v) is 19.4. The Hall–Kier alpha value is -4.14. The number of rotatable bonds is 11. The molecule has 12 heteroatoms. The number of phenols is 1. The predicted octanol–water partition coefficient (Wildman–Crippen LogP) is 3.32. The number of carbonyl (C=O) groups is 3. The molecule has 1 aromatic carbocycles. The molecule has 1 rings (SSSR count). The fourth-order valence-corrected chi connectivity index (χ4v) is 2.86. The number of benzene rings is 1. The minimum Gasteiger partial charge on any atom is -0.499 e. The smallest absolute Gasteiger partial charge is 0.499 e. The first-order chi connectivity index (χ1) is 16.1. The van der Waals surface area contributed by atoms with Crippen LogP contribution in [0.5, 0.6) is 11.5 Å². The van der Waals surface area contributed by atoms with Gasteiger partial charge in [-0.3, -0.25) is 14.9 Å². The van der Waals surface area contributed by atoms with E-state index < -0.39 is 46.2 Å². The Kier molecular flexibility index (Phi) is 11.0. The molecule has 0 aliphatic rings. The number of nitrogens with zero attached hydrogens (tertiary/aromatic N) is 3. The highest BCUT2D eigenvalue weighted by Gasteiger charge is 2.27. The molecule has 0 saturated heterocycles. The van der Waals surface area contributed by atoms with Crippen LogP contribution in [0.25, 0.3) is 6.08 Å². The number of esters is 1. The summed E-state index contributed by atoms with van der Waals surface area (Å²) in [6.45, 7) is 7.51. The predicted molar refractivity (Wildman–Crippen MR) is 119 cm³/mol. The van der Waals surface area contributed by atoms with E-state index in [1.165, 1.54) is 4.90 Å². The number of aromatic hydroxyl groups is 1. The quantitative estimate of drug-likeness (QED) is 0.124. The molecule has 0 aliphatic heterocycles. The molecule has 1 aromatic rings. The van der Waals surface area contributed by atoms with Crippen LogP contribution >= 0.6 is 0 Å². The van der Waals surface area contributed by atoms with Crippen LogP contribution in [0.3, 0.4) is 0 Å². The van der Waals surface area contributed by atoms with Gasteiger partial charge in [-0.1, -0.05) is 13.3 Å². The van der Waals surface area contributed by atoms with Crippen molar-refractivity contribution in [3.8, 4) is 17.6 Å². The molecule has 0 aliphatic carbocycles. The second kappa shape index (κ2) is 13.4. The van der Waals surface area contributed by atoms with Crippen LogP contribution in [-0.4, -0.2) is 58.8 Å². The zero-order valence-electron chi connectivity index (χ0n) is 19.4.